The van der Waals surface area contributed by atoms with E-state index in [4.69, 9.17) is 5.73 Å². The lowest BCUT2D eigenvalue weighted by molar-refractivity contribution is -0.183. The summed E-state index contributed by atoms with van der Waals surface area (Å²) in [6.07, 6.45) is -1.85. The standard InChI is InChI=1S/C23H24F4N6O2S/c24-14-3-1-4-15-19(14)20(13-6-9-31(10-7-13)21(35)16-11-29-22(28)36-16)30-33(15)12-18(34)32-8-2-5-17(32)23(25,26)27/h1,3-4,11,13,17H,2,5-10,12H2,(H2,28,29)/t17-/m0/s1. The number of nitrogens with zero attached hydrogens (tertiary/aromatic N) is 5. The number of rotatable bonds is 4. The number of piperidine rings is 1. The van der Waals surface area contributed by atoms with Gasteiger partial charge in [0, 0.05) is 25.6 Å². The van der Waals surface area contributed by atoms with Crippen LogP contribution in [0.1, 0.15) is 47.0 Å². The van der Waals surface area contributed by atoms with E-state index in [1.807, 2.05) is 0 Å². The van der Waals surface area contributed by atoms with Gasteiger partial charge >= 0.3 is 6.18 Å². The first-order chi connectivity index (χ1) is 17.1. The van der Waals surface area contributed by atoms with Gasteiger partial charge < -0.3 is 15.5 Å². The highest BCUT2D eigenvalue weighted by Gasteiger charge is 2.47. The third-order valence-electron chi connectivity index (χ3n) is 6.89. The lowest BCUT2D eigenvalue weighted by Gasteiger charge is -2.31. The molecule has 2 aliphatic rings. The molecular formula is C23H24F4N6O2S. The van der Waals surface area contributed by atoms with Crippen molar-refractivity contribution in [2.24, 2.45) is 0 Å². The Morgan fingerprint density at radius 2 is 1.89 bits per heavy atom. The number of halogens is 4. The molecule has 2 saturated heterocycles. The number of amides is 2. The van der Waals surface area contributed by atoms with Crippen LogP contribution >= 0.6 is 11.3 Å². The van der Waals surface area contributed by atoms with Crippen LogP contribution in [0.4, 0.5) is 22.7 Å². The number of hydrogen-bond acceptors (Lipinski definition) is 6. The number of aromatic nitrogens is 3. The Balaban J connectivity index is 1.36. The van der Waals surface area contributed by atoms with Crippen LogP contribution in [0.25, 0.3) is 10.9 Å². The molecule has 1 atom stereocenters. The maximum atomic E-state index is 14.9. The summed E-state index contributed by atoms with van der Waals surface area (Å²) in [6, 6.07) is 2.59. The summed E-state index contributed by atoms with van der Waals surface area (Å²) in [4.78, 5) is 32.5. The number of benzene rings is 1. The molecule has 8 nitrogen and oxygen atoms in total. The molecule has 2 aromatic heterocycles. The molecule has 0 aliphatic carbocycles. The van der Waals surface area contributed by atoms with E-state index in [0.29, 0.717) is 47.2 Å². The summed E-state index contributed by atoms with van der Waals surface area (Å²) in [6.45, 7) is 0.464. The van der Waals surface area contributed by atoms with Crippen molar-refractivity contribution in [2.75, 3.05) is 25.4 Å². The Morgan fingerprint density at radius 3 is 2.56 bits per heavy atom. The second kappa shape index (κ2) is 9.34. The number of carbonyl (C=O) groups is 2. The van der Waals surface area contributed by atoms with Crippen LogP contribution < -0.4 is 5.73 Å². The van der Waals surface area contributed by atoms with Gasteiger partial charge in [0.05, 0.1) is 22.8 Å². The van der Waals surface area contributed by atoms with Crippen LogP contribution in [0.15, 0.2) is 24.4 Å². The Labute approximate surface area is 207 Å². The third kappa shape index (κ3) is 4.51. The van der Waals surface area contributed by atoms with Crippen LogP contribution in [0.2, 0.25) is 0 Å². The zero-order chi connectivity index (χ0) is 25.6. The van der Waals surface area contributed by atoms with Crippen LogP contribution in [-0.4, -0.2) is 68.2 Å². The summed E-state index contributed by atoms with van der Waals surface area (Å²) < 4.78 is 56.3. The maximum Gasteiger partial charge on any atom is 0.408 e. The molecule has 2 fully saturated rings. The lowest BCUT2D eigenvalue weighted by Crippen LogP contribution is -2.45. The average Bonchev–Trinajstić information content (AvgIpc) is 3.58. The quantitative estimate of drug-likeness (QED) is 0.524. The molecule has 0 unspecified atom stereocenters. The number of alkyl halides is 3. The summed E-state index contributed by atoms with van der Waals surface area (Å²) in [7, 11) is 0. The molecule has 2 N–H and O–H groups in total. The molecule has 0 saturated carbocycles. The lowest BCUT2D eigenvalue weighted by atomic mass is 9.91. The largest absolute Gasteiger partial charge is 0.408 e. The number of nitrogen functional groups attached to an aromatic ring is 1. The molecule has 1 aromatic carbocycles. The number of carbonyl (C=O) groups excluding carboxylic acids is 2. The van der Waals surface area contributed by atoms with Gasteiger partial charge in [0.1, 0.15) is 23.3 Å². The molecule has 0 spiro atoms. The predicted molar refractivity (Wildman–Crippen MR) is 125 cm³/mol. The zero-order valence-electron chi connectivity index (χ0n) is 19.2. The molecule has 2 amide bonds. The molecule has 13 heteroatoms. The van der Waals surface area contributed by atoms with Crippen molar-refractivity contribution in [2.45, 2.75) is 50.4 Å². The number of thiazole rings is 1. The van der Waals surface area contributed by atoms with E-state index < -0.39 is 30.5 Å². The Morgan fingerprint density at radius 1 is 1.14 bits per heavy atom. The molecule has 2 aliphatic heterocycles. The summed E-state index contributed by atoms with van der Waals surface area (Å²) >= 11 is 1.12. The van der Waals surface area contributed by atoms with Crippen molar-refractivity contribution in [1.82, 2.24) is 24.6 Å². The van der Waals surface area contributed by atoms with Gasteiger partial charge in [-0.3, -0.25) is 14.3 Å². The molecule has 192 valence electrons. The molecule has 4 heterocycles. The fourth-order valence-electron chi connectivity index (χ4n) is 5.14. The van der Waals surface area contributed by atoms with Gasteiger partial charge in [-0.2, -0.15) is 18.3 Å². The van der Waals surface area contributed by atoms with Crippen molar-refractivity contribution in [3.63, 3.8) is 0 Å². The minimum absolute atomic E-state index is 0.0291. The zero-order valence-corrected chi connectivity index (χ0v) is 20.0. The van der Waals surface area contributed by atoms with Crippen LogP contribution in [0, 0.1) is 5.82 Å². The molecule has 5 rings (SSSR count). The first kappa shape index (κ1) is 24.5. The van der Waals surface area contributed by atoms with Crippen LogP contribution in [-0.2, 0) is 11.3 Å². The van der Waals surface area contributed by atoms with Crippen LogP contribution in [0.3, 0.4) is 0 Å². The van der Waals surface area contributed by atoms with Crippen molar-refractivity contribution in [3.05, 3.63) is 40.8 Å². The van der Waals surface area contributed by atoms with Crippen LogP contribution in [0.5, 0.6) is 0 Å². The first-order valence-corrected chi connectivity index (χ1v) is 12.5. The SMILES string of the molecule is Nc1ncc(C(=O)N2CCC(c3nn(CC(=O)N4CCC[C@H]4C(F)(F)F)c4cccc(F)c34)CC2)s1. The second-order valence-corrected chi connectivity index (χ2v) is 10.2. The number of nitrogens with two attached hydrogens (primary N) is 1. The number of hydrogen-bond donors (Lipinski definition) is 1. The smallest absolute Gasteiger partial charge is 0.375 e. The highest BCUT2D eigenvalue weighted by Crippen LogP contribution is 2.36. The predicted octanol–water partition coefficient (Wildman–Crippen LogP) is 3.79. The van der Waals surface area contributed by atoms with Gasteiger partial charge in [-0.25, -0.2) is 9.37 Å². The number of likely N-dealkylation sites (tertiary alicyclic amines) is 2. The van der Waals surface area contributed by atoms with E-state index >= 15 is 0 Å². The fraction of sp³-hybridized carbons (Fsp3) is 0.478. The van der Waals surface area contributed by atoms with Gasteiger partial charge in [-0.15, -0.1) is 0 Å². The van der Waals surface area contributed by atoms with E-state index in [1.165, 1.54) is 23.0 Å². The molecular weight excluding hydrogens is 500 g/mol. The summed E-state index contributed by atoms with van der Waals surface area (Å²) in [5.74, 6) is -1.54. The molecule has 3 aromatic rings. The minimum atomic E-state index is -4.49. The van der Waals surface area contributed by atoms with Crippen molar-refractivity contribution >= 4 is 39.2 Å². The monoisotopic (exact) mass is 524 g/mol. The summed E-state index contributed by atoms with van der Waals surface area (Å²) in [5, 5.41) is 5.10. The van der Waals surface area contributed by atoms with E-state index in [9.17, 15) is 27.2 Å². The highest BCUT2D eigenvalue weighted by atomic mass is 32.1. The van der Waals surface area contributed by atoms with Crippen molar-refractivity contribution < 1.29 is 27.2 Å². The Kier molecular flexibility index (Phi) is 6.35. The van der Waals surface area contributed by atoms with Gasteiger partial charge in [0.15, 0.2) is 5.13 Å². The van der Waals surface area contributed by atoms with Crippen molar-refractivity contribution in [1.29, 1.82) is 0 Å². The minimum Gasteiger partial charge on any atom is -0.375 e. The van der Waals surface area contributed by atoms with Crippen molar-refractivity contribution in [3.8, 4) is 0 Å². The molecule has 36 heavy (non-hydrogen) atoms. The second-order valence-electron chi connectivity index (χ2n) is 9.09. The Bertz CT molecular complexity index is 1300. The van der Waals surface area contributed by atoms with Gasteiger partial charge in [-0.05, 0) is 37.8 Å². The van der Waals surface area contributed by atoms with E-state index in [-0.39, 0.29) is 36.6 Å². The molecule has 0 radical (unpaired) electrons. The van der Waals surface area contributed by atoms with E-state index in [1.54, 1.807) is 11.0 Å². The number of anilines is 1. The fourth-order valence-corrected chi connectivity index (χ4v) is 5.80. The van der Waals surface area contributed by atoms with Gasteiger partial charge in [-0.1, -0.05) is 17.4 Å². The maximum absolute atomic E-state index is 14.9. The highest BCUT2D eigenvalue weighted by molar-refractivity contribution is 7.17. The summed E-state index contributed by atoms with van der Waals surface area (Å²) in [5.41, 5.74) is 6.44. The molecule has 0 bridgehead atoms. The average molecular weight is 525 g/mol. The number of fused-ring (bicyclic) bond motifs is 1. The normalized spacial score (nSPS) is 19.4. The van der Waals surface area contributed by atoms with E-state index in [2.05, 4.69) is 10.1 Å². The van der Waals surface area contributed by atoms with E-state index in [0.717, 1.165) is 16.2 Å². The first-order valence-electron chi connectivity index (χ1n) is 11.6. The Hall–Kier alpha value is -3.22. The third-order valence-corrected chi connectivity index (χ3v) is 7.71. The van der Waals surface area contributed by atoms with Gasteiger partial charge in [0.25, 0.3) is 5.91 Å². The topological polar surface area (TPSA) is 97.3 Å². The van der Waals surface area contributed by atoms with Gasteiger partial charge in [0.2, 0.25) is 5.91 Å².